The second-order valence-electron chi connectivity index (χ2n) is 6.81. The Labute approximate surface area is 164 Å². The molecule has 0 fully saturated rings. The molecule has 0 radical (unpaired) electrons. The lowest BCUT2D eigenvalue weighted by Gasteiger charge is -2.16. The van der Waals surface area contributed by atoms with E-state index in [0.29, 0.717) is 10.6 Å². The zero-order valence-corrected chi connectivity index (χ0v) is 15.7. The first-order valence-corrected chi connectivity index (χ1v) is 9.95. The van der Waals surface area contributed by atoms with Crippen LogP contribution in [0.2, 0.25) is 0 Å². The topological polar surface area (TPSA) is 68.6 Å². The summed E-state index contributed by atoms with van der Waals surface area (Å²) in [4.78, 5) is 44.7. The van der Waals surface area contributed by atoms with E-state index < -0.39 is 17.8 Å². The number of hydrogen-bond acceptors (Lipinski definition) is 5. The molecule has 3 aromatic rings. The summed E-state index contributed by atoms with van der Waals surface area (Å²) in [6.07, 6.45) is 7.55. The molecular formula is C21H16N2O4S. The Morgan fingerprint density at radius 1 is 0.929 bits per heavy atom. The third-order valence-electron chi connectivity index (χ3n) is 5.13. The van der Waals surface area contributed by atoms with Crippen LogP contribution < -0.4 is 0 Å². The van der Waals surface area contributed by atoms with Crippen LogP contribution in [-0.4, -0.2) is 27.4 Å². The Kier molecular flexibility index (Phi) is 3.91. The van der Waals surface area contributed by atoms with Gasteiger partial charge in [-0.15, -0.1) is 11.3 Å². The van der Waals surface area contributed by atoms with Crippen LogP contribution in [0.4, 0.5) is 0 Å². The first-order chi connectivity index (χ1) is 13.6. The highest BCUT2D eigenvalue weighted by Crippen LogP contribution is 2.37. The molecule has 1 aliphatic carbocycles. The second kappa shape index (κ2) is 6.45. The summed E-state index contributed by atoms with van der Waals surface area (Å²) in [7, 11) is 0. The number of benzene rings is 1. The molecule has 2 amide bonds. The number of imide groups is 1. The van der Waals surface area contributed by atoms with E-state index in [1.54, 1.807) is 35.6 Å². The Morgan fingerprint density at radius 3 is 2.25 bits per heavy atom. The number of nitrogens with zero attached hydrogens (tertiary/aromatic N) is 2. The molecule has 1 aliphatic heterocycles. The molecule has 0 bridgehead atoms. The number of fused-ring (bicyclic) bond motifs is 2. The van der Waals surface area contributed by atoms with Gasteiger partial charge in [0, 0.05) is 17.3 Å². The van der Waals surface area contributed by atoms with Gasteiger partial charge in [0.15, 0.2) is 0 Å². The van der Waals surface area contributed by atoms with Crippen molar-refractivity contribution in [3.05, 3.63) is 75.9 Å². The van der Waals surface area contributed by atoms with Crippen molar-refractivity contribution in [1.82, 2.24) is 9.63 Å². The van der Waals surface area contributed by atoms with Crippen molar-refractivity contribution in [2.24, 2.45) is 0 Å². The Bertz CT molecular complexity index is 1080. The van der Waals surface area contributed by atoms with Crippen LogP contribution in [0, 0.1) is 0 Å². The summed E-state index contributed by atoms with van der Waals surface area (Å²) in [6.45, 7) is 0. The molecule has 2 aromatic heterocycles. The first kappa shape index (κ1) is 16.9. The molecule has 140 valence electrons. The summed E-state index contributed by atoms with van der Waals surface area (Å²) in [5, 5.41) is 1.35. The highest BCUT2D eigenvalue weighted by Gasteiger charge is 2.40. The molecule has 3 heterocycles. The van der Waals surface area contributed by atoms with Gasteiger partial charge < -0.3 is 9.40 Å². The summed E-state index contributed by atoms with van der Waals surface area (Å²) in [6, 6.07) is 10.2. The predicted octanol–water partition coefficient (Wildman–Crippen LogP) is 3.79. The number of hydrogen-bond donors (Lipinski definition) is 0. The molecule has 0 N–H and O–H groups in total. The van der Waals surface area contributed by atoms with Gasteiger partial charge >= 0.3 is 5.97 Å². The normalized spacial score (nSPS) is 15.5. The minimum absolute atomic E-state index is 0.248. The average molecular weight is 392 g/mol. The Hall–Kier alpha value is -3.19. The third kappa shape index (κ3) is 2.51. The number of carbonyl (C=O) groups excluding carboxylic acids is 3. The standard InChI is InChI=1S/C21H16N2O4S/c24-18-13-7-1-2-8-14(13)19(25)23(18)27-21(26)17-15-9-3-4-10-16(15)28-20(17)22-11-5-6-12-22/h1-2,5-8,11-12H,3-4,9-10H2. The van der Waals surface area contributed by atoms with Crippen molar-refractivity contribution in [2.45, 2.75) is 25.7 Å². The zero-order valence-electron chi connectivity index (χ0n) is 14.9. The maximum absolute atomic E-state index is 13.1. The van der Waals surface area contributed by atoms with E-state index in [4.69, 9.17) is 4.84 Å². The number of carbonyl (C=O) groups is 3. The number of hydroxylamine groups is 2. The van der Waals surface area contributed by atoms with E-state index >= 15 is 0 Å². The van der Waals surface area contributed by atoms with Crippen molar-refractivity contribution >= 4 is 29.1 Å². The third-order valence-corrected chi connectivity index (χ3v) is 6.43. The monoisotopic (exact) mass is 392 g/mol. The van der Waals surface area contributed by atoms with Crippen molar-refractivity contribution in [1.29, 1.82) is 0 Å². The van der Waals surface area contributed by atoms with Crippen LogP contribution in [-0.2, 0) is 17.7 Å². The highest BCUT2D eigenvalue weighted by atomic mass is 32.1. The molecule has 1 aromatic carbocycles. The van der Waals surface area contributed by atoms with Gasteiger partial charge in [-0.05, 0) is 55.5 Å². The SMILES string of the molecule is O=C(ON1C(=O)c2ccccc2C1=O)c1c(-n2cccc2)sc2c1CCCC2. The average Bonchev–Trinajstić information content (AvgIpc) is 3.42. The van der Waals surface area contributed by atoms with Crippen LogP contribution in [0.25, 0.3) is 5.00 Å². The zero-order chi connectivity index (χ0) is 19.3. The van der Waals surface area contributed by atoms with Gasteiger partial charge in [0.2, 0.25) is 0 Å². The second-order valence-corrected chi connectivity index (χ2v) is 7.89. The minimum atomic E-state index is -0.669. The Morgan fingerprint density at radius 2 is 1.57 bits per heavy atom. The van der Waals surface area contributed by atoms with Gasteiger partial charge in [0.05, 0.1) is 11.1 Å². The van der Waals surface area contributed by atoms with Crippen molar-refractivity contribution in [3.63, 3.8) is 0 Å². The number of aryl methyl sites for hydroxylation is 1. The van der Waals surface area contributed by atoms with E-state index in [9.17, 15) is 14.4 Å². The van der Waals surface area contributed by atoms with Crippen molar-refractivity contribution in [3.8, 4) is 5.00 Å². The van der Waals surface area contributed by atoms with Gasteiger partial charge in [-0.2, -0.15) is 0 Å². The fourth-order valence-electron chi connectivity index (χ4n) is 3.79. The van der Waals surface area contributed by atoms with Crippen LogP contribution in [0.5, 0.6) is 0 Å². The van der Waals surface area contributed by atoms with Crippen LogP contribution in [0.15, 0.2) is 48.8 Å². The Balaban J connectivity index is 1.52. The smallest absolute Gasteiger partial charge is 0.324 e. The molecular weight excluding hydrogens is 376 g/mol. The maximum Gasteiger partial charge on any atom is 0.367 e. The summed E-state index contributed by atoms with van der Waals surface area (Å²) in [5.74, 6) is -1.89. The molecule has 28 heavy (non-hydrogen) atoms. The number of aromatic nitrogens is 1. The number of thiophene rings is 1. The van der Waals surface area contributed by atoms with Gasteiger partial charge in [0.25, 0.3) is 11.8 Å². The van der Waals surface area contributed by atoms with Gasteiger partial charge in [-0.1, -0.05) is 17.2 Å². The molecule has 0 saturated carbocycles. The van der Waals surface area contributed by atoms with E-state index in [1.807, 2.05) is 29.1 Å². The molecule has 0 unspecified atom stereocenters. The fourth-order valence-corrected chi connectivity index (χ4v) is 5.14. The van der Waals surface area contributed by atoms with E-state index in [-0.39, 0.29) is 11.1 Å². The number of amides is 2. The summed E-state index contributed by atoms with van der Waals surface area (Å²) < 4.78 is 1.88. The lowest BCUT2D eigenvalue weighted by atomic mass is 9.95. The van der Waals surface area contributed by atoms with E-state index in [0.717, 1.165) is 36.2 Å². The lowest BCUT2D eigenvalue weighted by Crippen LogP contribution is -2.33. The molecule has 0 saturated heterocycles. The lowest BCUT2D eigenvalue weighted by molar-refractivity contribution is -0.0585. The highest BCUT2D eigenvalue weighted by molar-refractivity contribution is 7.15. The van der Waals surface area contributed by atoms with Gasteiger partial charge in [-0.3, -0.25) is 9.59 Å². The van der Waals surface area contributed by atoms with Crippen LogP contribution >= 0.6 is 11.3 Å². The first-order valence-electron chi connectivity index (χ1n) is 9.13. The molecule has 6 nitrogen and oxygen atoms in total. The van der Waals surface area contributed by atoms with Crippen LogP contribution in [0.1, 0.15) is 54.4 Å². The fraction of sp³-hybridized carbons (Fsp3) is 0.190. The summed E-state index contributed by atoms with van der Waals surface area (Å²) in [5.41, 5.74) is 1.92. The quantitative estimate of drug-likeness (QED) is 0.636. The molecule has 7 heteroatoms. The van der Waals surface area contributed by atoms with Crippen LogP contribution in [0.3, 0.4) is 0 Å². The van der Waals surface area contributed by atoms with Crippen molar-refractivity contribution < 1.29 is 19.2 Å². The van der Waals surface area contributed by atoms with E-state index in [1.165, 1.54) is 4.88 Å². The van der Waals surface area contributed by atoms with Crippen molar-refractivity contribution in [2.75, 3.05) is 0 Å². The molecule has 5 rings (SSSR count). The van der Waals surface area contributed by atoms with Gasteiger partial charge in [0.1, 0.15) is 10.6 Å². The largest absolute Gasteiger partial charge is 0.367 e. The maximum atomic E-state index is 13.1. The van der Waals surface area contributed by atoms with Gasteiger partial charge in [-0.25, -0.2) is 4.79 Å². The minimum Gasteiger partial charge on any atom is -0.324 e. The molecule has 2 aliphatic rings. The molecule has 0 spiro atoms. The summed E-state index contributed by atoms with van der Waals surface area (Å²) >= 11 is 1.57. The number of rotatable bonds is 3. The van der Waals surface area contributed by atoms with E-state index in [2.05, 4.69) is 0 Å². The predicted molar refractivity (Wildman–Crippen MR) is 103 cm³/mol. The molecule has 0 atom stereocenters.